The van der Waals surface area contributed by atoms with Crippen LogP contribution in [0.1, 0.15) is 43.2 Å². The number of hydrogen-bond acceptors (Lipinski definition) is 4. The van der Waals surface area contributed by atoms with Gasteiger partial charge in [-0.15, -0.1) is 0 Å². The van der Waals surface area contributed by atoms with Crippen LogP contribution >= 0.6 is 11.6 Å². The standard InChI is InChI=1S/C29H32ClN3O3/c1-20-6-2-7-22(16-20)28-23(17-21-10-11-24(30)18-25(21)31-28)19-33(29(35)26-8-4-15-36-26)14-5-13-32-12-3-9-27(32)34/h2,6-7,10-11,16-18,26H,3-5,8-9,12-15,19H2,1H3. The molecule has 3 aromatic rings. The predicted molar refractivity (Wildman–Crippen MR) is 142 cm³/mol. The van der Waals surface area contributed by atoms with Crippen molar-refractivity contribution in [2.75, 3.05) is 26.2 Å². The summed E-state index contributed by atoms with van der Waals surface area (Å²) in [4.78, 5) is 34.4. The Labute approximate surface area is 217 Å². The monoisotopic (exact) mass is 505 g/mol. The van der Waals surface area contributed by atoms with Crippen LogP contribution in [0.4, 0.5) is 0 Å². The summed E-state index contributed by atoms with van der Waals surface area (Å²) in [5, 5.41) is 1.63. The van der Waals surface area contributed by atoms with Crippen LogP contribution in [0, 0.1) is 6.92 Å². The van der Waals surface area contributed by atoms with Gasteiger partial charge in [0.1, 0.15) is 6.10 Å². The Morgan fingerprint density at radius 1 is 1.19 bits per heavy atom. The topological polar surface area (TPSA) is 62.7 Å². The van der Waals surface area contributed by atoms with E-state index in [0.29, 0.717) is 37.7 Å². The Morgan fingerprint density at radius 3 is 2.83 bits per heavy atom. The van der Waals surface area contributed by atoms with Crippen molar-refractivity contribution in [1.29, 1.82) is 0 Å². The Kier molecular flexibility index (Phi) is 7.54. The summed E-state index contributed by atoms with van der Waals surface area (Å²) in [6.45, 7) is 5.17. The lowest BCUT2D eigenvalue weighted by molar-refractivity contribution is -0.141. The average Bonchev–Trinajstić information content (AvgIpc) is 3.55. The largest absolute Gasteiger partial charge is 0.368 e. The number of nitrogens with zero attached hydrogens (tertiary/aromatic N) is 3. The molecule has 0 bridgehead atoms. The first-order valence-corrected chi connectivity index (χ1v) is 13.2. The van der Waals surface area contributed by atoms with Crippen molar-refractivity contribution in [3.63, 3.8) is 0 Å². The first-order valence-electron chi connectivity index (χ1n) is 12.8. The number of pyridine rings is 1. The normalized spacial score (nSPS) is 17.8. The molecule has 1 unspecified atom stereocenters. The van der Waals surface area contributed by atoms with Crippen molar-refractivity contribution in [2.24, 2.45) is 0 Å². The number of benzene rings is 2. The van der Waals surface area contributed by atoms with Gasteiger partial charge in [-0.25, -0.2) is 4.98 Å². The molecule has 2 amide bonds. The van der Waals surface area contributed by atoms with E-state index in [1.807, 2.05) is 34.1 Å². The lowest BCUT2D eigenvalue weighted by Crippen LogP contribution is -2.40. The van der Waals surface area contributed by atoms with Crippen molar-refractivity contribution in [1.82, 2.24) is 14.8 Å². The molecular weight excluding hydrogens is 474 g/mol. The Bertz CT molecular complexity index is 1270. The SMILES string of the molecule is Cc1cccc(-c2nc3cc(Cl)ccc3cc2CN(CCCN2CCCC2=O)C(=O)C2CCCO2)c1. The number of aromatic nitrogens is 1. The summed E-state index contributed by atoms with van der Waals surface area (Å²) in [6, 6.07) is 16.1. The van der Waals surface area contributed by atoms with E-state index in [-0.39, 0.29) is 11.8 Å². The fourth-order valence-electron chi connectivity index (χ4n) is 5.19. The molecule has 0 radical (unpaired) electrons. The molecule has 0 saturated carbocycles. The van der Waals surface area contributed by atoms with E-state index < -0.39 is 6.10 Å². The zero-order valence-corrected chi connectivity index (χ0v) is 21.5. The highest BCUT2D eigenvalue weighted by molar-refractivity contribution is 6.31. The molecule has 2 aliphatic rings. The van der Waals surface area contributed by atoms with E-state index in [0.717, 1.165) is 65.5 Å². The van der Waals surface area contributed by atoms with E-state index >= 15 is 0 Å². The van der Waals surface area contributed by atoms with Gasteiger partial charge in [0.15, 0.2) is 0 Å². The minimum absolute atomic E-state index is 0.0200. The molecule has 0 spiro atoms. The third-order valence-corrected chi connectivity index (χ3v) is 7.29. The zero-order chi connectivity index (χ0) is 25.1. The van der Waals surface area contributed by atoms with Gasteiger partial charge >= 0.3 is 0 Å². The van der Waals surface area contributed by atoms with Crippen molar-refractivity contribution in [2.45, 2.75) is 51.7 Å². The second-order valence-corrected chi connectivity index (χ2v) is 10.2. The molecule has 6 nitrogen and oxygen atoms in total. The molecule has 2 aliphatic heterocycles. The van der Waals surface area contributed by atoms with Gasteiger partial charge in [0.05, 0.1) is 11.2 Å². The number of aryl methyl sites for hydroxylation is 1. The first kappa shape index (κ1) is 24.7. The van der Waals surface area contributed by atoms with Crippen molar-refractivity contribution < 1.29 is 14.3 Å². The van der Waals surface area contributed by atoms with Crippen molar-refractivity contribution in [3.8, 4) is 11.3 Å². The fraction of sp³-hybridized carbons (Fsp3) is 0.414. The van der Waals surface area contributed by atoms with Crippen LogP contribution in [0.5, 0.6) is 0 Å². The van der Waals surface area contributed by atoms with Crippen molar-refractivity contribution >= 4 is 34.3 Å². The smallest absolute Gasteiger partial charge is 0.252 e. The minimum atomic E-state index is -0.395. The summed E-state index contributed by atoms with van der Waals surface area (Å²) >= 11 is 6.27. The number of rotatable bonds is 8. The number of halogens is 1. The van der Waals surface area contributed by atoms with Gasteiger partial charge < -0.3 is 14.5 Å². The van der Waals surface area contributed by atoms with E-state index in [9.17, 15) is 9.59 Å². The van der Waals surface area contributed by atoms with Crippen LogP contribution in [0.3, 0.4) is 0 Å². The summed E-state index contributed by atoms with van der Waals surface area (Å²) in [5.74, 6) is 0.234. The summed E-state index contributed by atoms with van der Waals surface area (Å²) < 4.78 is 5.76. The van der Waals surface area contributed by atoms with Crippen LogP contribution in [-0.2, 0) is 20.9 Å². The van der Waals surface area contributed by atoms with Gasteiger partial charge in [0.2, 0.25) is 5.91 Å². The molecular formula is C29H32ClN3O3. The second-order valence-electron chi connectivity index (χ2n) is 9.80. The highest BCUT2D eigenvalue weighted by atomic mass is 35.5. The number of carbonyl (C=O) groups is 2. The molecule has 7 heteroatoms. The minimum Gasteiger partial charge on any atom is -0.368 e. The van der Waals surface area contributed by atoms with Gasteiger partial charge in [-0.2, -0.15) is 0 Å². The molecule has 1 aromatic heterocycles. The molecule has 2 aromatic carbocycles. The molecule has 2 saturated heterocycles. The fourth-order valence-corrected chi connectivity index (χ4v) is 5.35. The first-order chi connectivity index (χ1) is 17.5. The highest BCUT2D eigenvalue weighted by Crippen LogP contribution is 2.29. The summed E-state index contributed by atoms with van der Waals surface area (Å²) in [5.41, 5.74) is 4.83. The molecule has 2 fully saturated rings. The van der Waals surface area contributed by atoms with Crippen LogP contribution in [-0.4, -0.2) is 58.9 Å². The predicted octanol–water partition coefficient (Wildman–Crippen LogP) is 5.38. The molecule has 188 valence electrons. The Balaban J connectivity index is 1.47. The van der Waals surface area contributed by atoms with Crippen LogP contribution in [0.2, 0.25) is 5.02 Å². The number of likely N-dealkylation sites (tertiary alicyclic amines) is 1. The third kappa shape index (κ3) is 5.55. The van der Waals surface area contributed by atoms with E-state index in [4.69, 9.17) is 21.3 Å². The molecule has 0 aliphatic carbocycles. The maximum absolute atomic E-state index is 13.5. The van der Waals surface area contributed by atoms with E-state index in [1.54, 1.807) is 0 Å². The summed E-state index contributed by atoms with van der Waals surface area (Å²) in [6.07, 6.45) is 3.54. The molecule has 5 rings (SSSR count). The molecule has 1 atom stereocenters. The Hall–Kier alpha value is -2.96. The lowest BCUT2D eigenvalue weighted by atomic mass is 10.0. The highest BCUT2D eigenvalue weighted by Gasteiger charge is 2.29. The van der Waals surface area contributed by atoms with Crippen LogP contribution in [0.25, 0.3) is 22.2 Å². The molecule has 3 heterocycles. The van der Waals surface area contributed by atoms with E-state index in [2.05, 4.69) is 31.2 Å². The maximum atomic E-state index is 13.5. The van der Waals surface area contributed by atoms with Crippen molar-refractivity contribution in [3.05, 3.63) is 64.7 Å². The zero-order valence-electron chi connectivity index (χ0n) is 20.7. The number of ether oxygens (including phenoxy) is 1. The number of fused-ring (bicyclic) bond motifs is 1. The number of hydrogen-bond donors (Lipinski definition) is 0. The average molecular weight is 506 g/mol. The van der Waals surface area contributed by atoms with E-state index in [1.165, 1.54) is 0 Å². The summed E-state index contributed by atoms with van der Waals surface area (Å²) in [7, 11) is 0. The van der Waals surface area contributed by atoms with Gasteiger partial charge in [0.25, 0.3) is 5.91 Å². The maximum Gasteiger partial charge on any atom is 0.252 e. The Morgan fingerprint density at radius 2 is 2.08 bits per heavy atom. The number of amides is 2. The number of carbonyl (C=O) groups excluding carboxylic acids is 2. The van der Waals surface area contributed by atoms with Gasteiger partial charge in [0, 0.05) is 55.2 Å². The molecule has 36 heavy (non-hydrogen) atoms. The second kappa shape index (κ2) is 11.0. The lowest BCUT2D eigenvalue weighted by Gasteiger charge is -2.27. The van der Waals surface area contributed by atoms with Gasteiger partial charge in [-0.1, -0.05) is 41.4 Å². The molecule has 0 N–H and O–H groups in total. The van der Waals surface area contributed by atoms with Gasteiger partial charge in [-0.05, 0) is 62.4 Å². The quantitative estimate of drug-likeness (QED) is 0.412. The van der Waals surface area contributed by atoms with Crippen LogP contribution < -0.4 is 0 Å². The van der Waals surface area contributed by atoms with Gasteiger partial charge in [-0.3, -0.25) is 9.59 Å². The third-order valence-electron chi connectivity index (χ3n) is 7.06. The van der Waals surface area contributed by atoms with Crippen LogP contribution in [0.15, 0.2) is 48.5 Å².